The Bertz CT molecular complexity index is 1220. The summed E-state index contributed by atoms with van der Waals surface area (Å²) in [5.41, 5.74) is 14.0. The number of hydrogen-bond donors (Lipinski definition) is 4. The molecule has 0 saturated carbocycles. The van der Waals surface area contributed by atoms with Crippen molar-refractivity contribution in [2.45, 2.75) is 6.42 Å². The van der Waals surface area contributed by atoms with Crippen LogP contribution in [-0.2, 0) is 0 Å². The molecule has 0 atom stereocenters. The zero-order valence-electron chi connectivity index (χ0n) is 18.7. The van der Waals surface area contributed by atoms with Crippen LogP contribution in [0.5, 0.6) is 5.75 Å². The van der Waals surface area contributed by atoms with Gasteiger partial charge in [-0.1, -0.05) is 0 Å². The molecule has 3 heterocycles. The smallest absolute Gasteiger partial charge is 0.278 e. The van der Waals surface area contributed by atoms with Crippen LogP contribution in [0.2, 0.25) is 0 Å². The minimum atomic E-state index is -0.513. The molecule has 0 spiro atoms. The number of pyridine rings is 1. The van der Waals surface area contributed by atoms with Gasteiger partial charge in [-0.2, -0.15) is 0 Å². The minimum absolute atomic E-state index is 0.0101. The van der Waals surface area contributed by atoms with Crippen LogP contribution in [0.4, 0.5) is 17.2 Å². The zero-order chi connectivity index (χ0) is 24.1. The highest BCUT2D eigenvalue weighted by Crippen LogP contribution is 2.28. The summed E-state index contributed by atoms with van der Waals surface area (Å²) in [6, 6.07) is 6.89. The molecule has 2 amide bonds. The summed E-state index contributed by atoms with van der Waals surface area (Å²) >= 11 is 0. The molecule has 1 aromatic carbocycles. The number of amides is 2. The predicted molar refractivity (Wildman–Crippen MR) is 129 cm³/mol. The number of anilines is 3. The molecule has 0 radical (unpaired) electrons. The molecule has 2 aromatic heterocycles. The van der Waals surface area contributed by atoms with E-state index in [1.54, 1.807) is 36.7 Å². The van der Waals surface area contributed by atoms with Gasteiger partial charge in [0.2, 0.25) is 0 Å². The summed E-state index contributed by atoms with van der Waals surface area (Å²) < 4.78 is 5.80. The molecule has 6 N–H and O–H groups in total. The van der Waals surface area contributed by atoms with Crippen LogP contribution in [0.1, 0.15) is 27.3 Å². The number of fused-ring (bicyclic) bond motifs is 6. The first-order valence-electron chi connectivity index (χ1n) is 10.8. The maximum atomic E-state index is 13.1. The van der Waals surface area contributed by atoms with Crippen LogP contribution in [0.15, 0.2) is 42.9 Å². The third-order valence-corrected chi connectivity index (χ3v) is 5.33. The Kier molecular flexibility index (Phi) is 6.83. The second-order valence-corrected chi connectivity index (χ2v) is 7.72. The summed E-state index contributed by atoms with van der Waals surface area (Å²) in [6.07, 6.45) is 5.28. The van der Waals surface area contributed by atoms with Crippen LogP contribution in [0.3, 0.4) is 0 Å². The van der Waals surface area contributed by atoms with Crippen LogP contribution in [0, 0.1) is 0 Å². The highest BCUT2D eigenvalue weighted by atomic mass is 16.5. The van der Waals surface area contributed by atoms with Gasteiger partial charge in [-0.3, -0.25) is 14.6 Å². The summed E-state index contributed by atoms with van der Waals surface area (Å²) in [5.74, 6) is -0.379. The Morgan fingerprint density at radius 1 is 1.18 bits per heavy atom. The van der Waals surface area contributed by atoms with E-state index in [1.165, 1.54) is 6.20 Å². The maximum absolute atomic E-state index is 13.1. The largest absolute Gasteiger partial charge is 0.493 e. The Labute approximate surface area is 196 Å². The highest BCUT2D eigenvalue weighted by Gasteiger charge is 2.20. The quantitative estimate of drug-likeness (QED) is 0.418. The molecule has 1 aliphatic heterocycles. The Morgan fingerprint density at radius 2 is 2.03 bits per heavy atom. The van der Waals surface area contributed by atoms with Crippen molar-refractivity contribution < 1.29 is 14.3 Å². The van der Waals surface area contributed by atoms with E-state index in [9.17, 15) is 9.59 Å². The van der Waals surface area contributed by atoms with E-state index in [2.05, 4.69) is 25.6 Å². The summed E-state index contributed by atoms with van der Waals surface area (Å²) in [4.78, 5) is 40.7. The molecule has 176 valence electrons. The first kappa shape index (κ1) is 22.9. The van der Waals surface area contributed by atoms with Gasteiger partial charge in [-0.05, 0) is 37.2 Å². The van der Waals surface area contributed by atoms with Gasteiger partial charge in [-0.25, -0.2) is 9.97 Å². The van der Waals surface area contributed by atoms with Crippen molar-refractivity contribution >= 4 is 29.0 Å². The molecular formula is C23H26N8O3. The number of nitrogens with two attached hydrogens (primary N) is 2. The van der Waals surface area contributed by atoms with E-state index in [1.807, 2.05) is 11.9 Å². The normalized spacial score (nSPS) is 13.8. The van der Waals surface area contributed by atoms with E-state index in [-0.39, 0.29) is 17.4 Å². The molecule has 4 bridgehead atoms. The summed E-state index contributed by atoms with van der Waals surface area (Å²) in [5, 5.41) is 5.75. The first-order chi connectivity index (χ1) is 16.5. The Hall–Kier alpha value is -4.25. The maximum Gasteiger partial charge on any atom is 0.278 e. The lowest BCUT2D eigenvalue weighted by atomic mass is 10.1. The van der Waals surface area contributed by atoms with Crippen LogP contribution >= 0.6 is 0 Å². The molecule has 0 aliphatic carbocycles. The Balaban J connectivity index is 1.79. The third-order valence-electron chi connectivity index (χ3n) is 5.33. The topological polar surface area (TPSA) is 161 Å². The standard InChI is InChI=1S/C23H26N8O3/c1-31-9-8-27-22(32)15-11-14(3-4-19(15)34-10-2-6-24)16-13-28-21(25)20(29-16)23(33)30-17-12-26-7-5-18(17)31/h3-5,7,11-13H,2,6,8-10,24H2,1H3,(H2,25,28)(H,27,32)(H,30,33). The first-order valence-corrected chi connectivity index (χ1v) is 10.8. The number of ether oxygens (including phenoxy) is 1. The van der Waals surface area contributed by atoms with Crippen molar-refractivity contribution in [3.63, 3.8) is 0 Å². The molecule has 1 aliphatic rings. The van der Waals surface area contributed by atoms with Crippen molar-refractivity contribution in [1.82, 2.24) is 20.3 Å². The fraction of sp³-hybridized carbons (Fsp3) is 0.261. The number of benzene rings is 1. The van der Waals surface area contributed by atoms with Crippen LogP contribution in [0.25, 0.3) is 11.3 Å². The van der Waals surface area contributed by atoms with Gasteiger partial charge < -0.3 is 31.7 Å². The predicted octanol–water partition coefficient (Wildman–Crippen LogP) is 1.28. The molecular weight excluding hydrogens is 436 g/mol. The van der Waals surface area contributed by atoms with E-state index in [0.29, 0.717) is 60.9 Å². The van der Waals surface area contributed by atoms with Gasteiger partial charge in [0.05, 0.1) is 41.6 Å². The lowest BCUT2D eigenvalue weighted by Crippen LogP contribution is -2.33. The van der Waals surface area contributed by atoms with Gasteiger partial charge in [0.25, 0.3) is 11.8 Å². The molecule has 34 heavy (non-hydrogen) atoms. The second kappa shape index (κ2) is 10.1. The van der Waals surface area contributed by atoms with Gasteiger partial charge in [-0.15, -0.1) is 0 Å². The number of nitrogen functional groups attached to an aromatic ring is 1. The van der Waals surface area contributed by atoms with Gasteiger partial charge in [0.1, 0.15) is 5.75 Å². The average Bonchev–Trinajstić information content (AvgIpc) is 2.84. The average molecular weight is 463 g/mol. The molecule has 0 saturated heterocycles. The number of nitrogens with zero attached hydrogens (tertiary/aromatic N) is 4. The number of likely N-dealkylation sites (N-methyl/N-ethyl adjacent to an activating group) is 1. The zero-order valence-corrected chi connectivity index (χ0v) is 18.7. The molecule has 4 rings (SSSR count). The monoisotopic (exact) mass is 462 g/mol. The minimum Gasteiger partial charge on any atom is -0.493 e. The number of carbonyl (C=O) groups is 2. The molecule has 0 fully saturated rings. The number of rotatable bonds is 4. The van der Waals surface area contributed by atoms with Gasteiger partial charge in [0.15, 0.2) is 11.5 Å². The SMILES string of the molecule is CN1CCNC(=O)c2cc(ccc2OCCCN)-c2cnc(N)c(n2)C(=O)Nc2cnccc21. The lowest BCUT2D eigenvalue weighted by Gasteiger charge is -2.22. The fourth-order valence-corrected chi connectivity index (χ4v) is 3.51. The lowest BCUT2D eigenvalue weighted by molar-refractivity contribution is 0.0949. The van der Waals surface area contributed by atoms with Crippen LogP contribution < -0.4 is 31.7 Å². The van der Waals surface area contributed by atoms with Crippen LogP contribution in [-0.4, -0.2) is 60.1 Å². The van der Waals surface area contributed by atoms with E-state index >= 15 is 0 Å². The number of aromatic nitrogens is 3. The van der Waals surface area contributed by atoms with E-state index in [0.717, 1.165) is 5.69 Å². The van der Waals surface area contributed by atoms with Gasteiger partial charge >= 0.3 is 0 Å². The van der Waals surface area contributed by atoms with E-state index < -0.39 is 5.91 Å². The molecule has 0 unspecified atom stereocenters. The molecule has 11 nitrogen and oxygen atoms in total. The van der Waals surface area contributed by atoms with E-state index in [4.69, 9.17) is 16.2 Å². The Morgan fingerprint density at radius 3 is 2.85 bits per heavy atom. The van der Waals surface area contributed by atoms with Crippen molar-refractivity contribution in [2.24, 2.45) is 5.73 Å². The van der Waals surface area contributed by atoms with Crippen molar-refractivity contribution in [3.05, 3.63) is 54.1 Å². The molecule has 3 aromatic rings. The van der Waals surface area contributed by atoms with Crippen molar-refractivity contribution in [1.29, 1.82) is 0 Å². The number of nitrogens with one attached hydrogen (secondary N) is 2. The van der Waals surface area contributed by atoms with Crippen molar-refractivity contribution in [3.8, 4) is 17.0 Å². The number of hydrogen-bond acceptors (Lipinski definition) is 9. The fourth-order valence-electron chi connectivity index (χ4n) is 3.51. The molecule has 11 heteroatoms. The highest BCUT2D eigenvalue weighted by molar-refractivity contribution is 6.07. The van der Waals surface area contributed by atoms with Gasteiger partial charge in [0, 0.05) is 31.9 Å². The summed E-state index contributed by atoms with van der Waals surface area (Å²) in [6.45, 7) is 1.71. The third kappa shape index (κ3) is 4.89. The summed E-state index contributed by atoms with van der Waals surface area (Å²) in [7, 11) is 1.85. The second-order valence-electron chi connectivity index (χ2n) is 7.72. The van der Waals surface area contributed by atoms with Crippen molar-refractivity contribution in [2.75, 3.05) is 49.2 Å². The number of carbonyl (C=O) groups excluding carboxylic acids is 2.